The van der Waals surface area contributed by atoms with Crippen LogP contribution < -0.4 is 5.32 Å². The Morgan fingerprint density at radius 3 is 2.57 bits per heavy atom. The van der Waals surface area contributed by atoms with Crippen molar-refractivity contribution >= 4 is 5.91 Å². The third-order valence-corrected chi connectivity index (χ3v) is 1.60. The summed E-state index contributed by atoms with van der Waals surface area (Å²) >= 11 is 0. The van der Waals surface area contributed by atoms with Gasteiger partial charge in [-0.1, -0.05) is 5.18 Å². The van der Waals surface area contributed by atoms with Gasteiger partial charge >= 0.3 is 0 Å². The molecule has 0 aliphatic carbocycles. The molecule has 0 aliphatic rings. The lowest BCUT2D eigenvalue weighted by atomic mass is 10.2. The van der Waals surface area contributed by atoms with Crippen molar-refractivity contribution in [1.29, 1.82) is 0 Å². The first-order chi connectivity index (χ1) is 6.74. The molecule has 0 bridgehead atoms. The molecule has 4 nitrogen and oxygen atoms in total. The number of nitroso groups, excluding NO2 is 1. The Morgan fingerprint density at radius 1 is 1.36 bits per heavy atom. The van der Waals surface area contributed by atoms with Crippen molar-refractivity contribution in [2.24, 2.45) is 5.18 Å². The summed E-state index contributed by atoms with van der Waals surface area (Å²) in [4.78, 5) is 21.0. The SMILES string of the molecule is O=NCCNC(=O)c1ccc(F)cc1. The van der Waals surface area contributed by atoms with Crippen molar-refractivity contribution in [2.75, 3.05) is 13.1 Å². The van der Waals surface area contributed by atoms with Crippen LogP contribution in [0.1, 0.15) is 10.4 Å². The molecule has 5 heteroatoms. The summed E-state index contributed by atoms with van der Waals surface area (Å²) in [5.74, 6) is -0.732. The smallest absolute Gasteiger partial charge is 0.251 e. The highest BCUT2D eigenvalue weighted by molar-refractivity contribution is 5.94. The van der Waals surface area contributed by atoms with Crippen LogP contribution >= 0.6 is 0 Å². The maximum atomic E-state index is 12.5. The molecule has 1 aromatic carbocycles. The standard InChI is InChI=1S/C9H9FN2O2/c10-8-3-1-7(2-4-8)9(13)11-5-6-12-14/h1-4H,5-6H2,(H,11,13). The van der Waals surface area contributed by atoms with Crippen LogP contribution in [-0.2, 0) is 0 Å². The van der Waals surface area contributed by atoms with Gasteiger partial charge in [-0.2, -0.15) is 4.91 Å². The molecule has 1 amide bonds. The number of halogens is 1. The van der Waals surface area contributed by atoms with Crippen molar-refractivity contribution in [3.8, 4) is 0 Å². The average molecular weight is 196 g/mol. The minimum absolute atomic E-state index is 0.0347. The largest absolute Gasteiger partial charge is 0.350 e. The monoisotopic (exact) mass is 196 g/mol. The molecule has 0 saturated carbocycles. The molecule has 0 saturated heterocycles. The normalized spacial score (nSPS) is 9.50. The molecule has 0 spiro atoms. The number of carbonyl (C=O) groups is 1. The van der Waals surface area contributed by atoms with Crippen LogP contribution in [0.2, 0.25) is 0 Å². The predicted molar refractivity (Wildman–Crippen MR) is 49.4 cm³/mol. The molecule has 1 aromatic rings. The van der Waals surface area contributed by atoms with E-state index in [1.165, 1.54) is 24.3 Å². The van der Waals surface area contributed by atoms with Crippen LogP contribution in [-0.4, -0.2) is 19.0 Å². The van der Waals surface area contributed by atoms with Gasteiger partial charge in [-0.15, -0.1) is 0 Å². The zero-order valence-corrected chi connectivity index (χ0v) is 7.37. The van der Waals surface area contributed by atoms with Gasteiger partial charge in [0.05, 0.1) is 6.54 Å². The fourth-order valence-electron chi connectivity index (χ4n) is 0.918. The van der Waals surface area contributed by atoms with E-state index in [0.717, 1.165) is 0 Å². The van der Waals surface area contributed by atoms with Crippen LogP contribution in [0.4, 0.5) is 4.39 Å². The minimum Gasteiger partial charge on any atom is -0.350 e. The lowest BCUT2D eigenvalue weighted by Gasteiger charge is -2.01. The molecule has 0 fully saturated rings. The van der Waals surface area contributed by atoms with Crippen molar-refractivity contribution in [3.63, 3.8) is 0 Å². The molecule has 1 N–H and O–H groups in total. The molecule has 74 valence electrons. The number of nitrogens with zero attached hydrogens (tertiary/aromatic N) is 1. The first-order valence-corrected chi connectivity index (χ1v) is 4.07. The highest BCUT2D eigenvalue weighted by Gasteiger charge is 2.03. The Balaban J connectivity index is 2.52. The van der Waals surface area contributed by atoms with E-state index in [4.69, 9.17) is 0 Å². The summed E-state index contributed by atoms with van der Waals surface area (Å²) in [6, 6.07) is 5.15. The molecule has 1 rings (SSSR count). The molecule has 0 unspecified atom stereocenters. The van der Waals surface area contributed by atoms with E-state index < -0.39 is 5.82 Å². The molecule has 14 heavy (non-hydrogen) atoms. The van der Waals surface area contributed by atoms with Crippen molar-refractivity contribution < 1.29 is 9.18 Å². The van der Waals surface area contributed by atoms with E-state index in [1.54, 1.807) is 0 Å². The number of carbonyl (C=O) groups excluding carboxylic acids is 1. The fourth-order valence-corrected chi connectivity index (χ4v) is 0.918. The third kappa shape index (κ3) is 2.93. The van der Waals surface area contributed by atoms with Gasteiger partial charge < -0.3 is 5.32 Å². The minimum atomic E-state index is -0.392. The summed E-state index contributed by atoms with van der Waals surface area (Å²) < 4.78 is 12.5. The first-order valence-electron chi connectivity index (χ1n) is 4.07. The highest BCUT2D eigenvalue weighted by Crippen LogP contribution is 2.01. The van der Waals surface area contributed by atoms with Crippen molar-refractivity contribution in [2.45, 2.75) is 0 Å². The van der Waals surface area contributed by atoms with Crippen LogP contribution in [0.3, 0.4) is 0 Å². The number of nitrogens with one attached hydrogen (secondary N) is 1. The van der Waals surface area contributed by atoms with Gasteiger partial charge in [0.25, 0.3) is 5.91 Å². The molecule has 0 aromatic heterocycles. The van der Waals surface area contributed by atoms with E-state index in [9.17, 15) is 14.1 Å². The van der Waals surface area contributed by atoms with Gasteiger partial charge in [0.15, 0.2) is 0 Å². The summed E-state index contributed by atoms with van der Waals surface area (Å²) in [7, 11) is 0. The Kier molecular flexibility index (Phi) is 3.72. The average Bonchev–Trinajstić information content (AvgIpc) is 2.19. The predicted octanol–water partition coefficient (Wildman–Crippen LogP) is 1.32. The number of hydrogen-bond acceptors (Lipinski definition) is 3. The molecular formula is C9H9FN2O2. The topological polar surface area (TPSA) is 58.5 Å². The lowest BCUT2D eigenvalue weighted by molar-refractivity contribution is 0.0955. The third-order valence-electron chi connectivity index (χ3n) is 1.60. The summed E-state index contributed by atoms with van der Waals surface area (Å²) in [6.07, 6.45) is 0. The molecule has 0 aliphatic heterocycles. The zero-order valence-electron chi connectivity index (χ0n) is 7.37. The van der Waals surface area contributed by atoms with E-state index >= 15 is 0 Å². The van der Waals surface area contributed by atoms with E-state index in [1.807, 2.05) is 0 Å². The summed E-state index contributed by atoms with van der Waals surface area (Å²) in [5.41, 5.74) is 0.359. The van der Waals surface area contributed by atoms with Gasteiger partial charge in [-0.3, -0.25) is 4.79 Å². The van der Waals surface area contributed by atoms with Gasteiger partial charge in [-0.05, 0) is 24.3 Å². The van der Waals surface area contributed by atoms with E-state index in [2.05, 4.69) is 10.5 Å². The Morgan fingerprint density at radius 2 is 2.00 bits per heavy atom. The van der Waals surface area contributed by atoms with Gasteiger partial charge in [-0.25, -0.2) is 4.39 Å². The second-order valence-electron chi connectivity index (χ2n) is 2.62. The second-order valence-corrected chi connectivity index (χ2v) is 2.62. The van der Waals surface area contributed by atoms with Crippen LogP contribution in [0.5, 0.6) is 0 Å². The van der Waals surface area contributed by atoms with E-state index in [-0.39, 0.29) is 19.0 Å². The lowest BCUT2D eigenvalue weighted by Crippen LogP contribution is -2.25. The zero-order chi connectivity index (χ0) is 10.4. The van der Waals surface area contributed by atoms with Crippen LogP contribution in [0.15, 0.2) is 29.4 Å². The number of hydrogen-bond donors (Lipinski definition) is 1. The summed E-state index contributed by atoms with van der Waals surface area (Å²) in [6.45, 7) is 0.229. The molecule has 0 atom stereocenters. The van der Waals surface area contributed by atoms with Crippen LogP contribution in [0, 0.1) is 10.7 Å². The van der Waals surface area contributed by atoms with Gasteiger partial charge in [0, 0.05) is 12.1 Å². The second kappa shape index (κ2) is 5.06. The summed E-state index contributed by atoms with van der Waals surface area (Å²) in [5, 5.41) is 5.05. The quantitative estimate of drug-likeness (QED) is 0.583. The van der Waals surface area contributed by atoms with Crippen molar-refractivity contribution in [1.82, 2.24) is 5.32 Å². The Hall–Kier alpha value is -1.78. The maximum absolute atomic E-state index is 12.5. The van der Waals surface area contributed by atoms with Gasteiger partial charge in [0.2, 0.25) is 0 Å². The Bertz CT molecular complexity index is 324. The first kappa shape index (κ1) is 10.3. The molecular weight excluding hydrogens is 187 g/mol. The Labute approximate surface area is 80.1 Å². The van der Waals surface area contributed by atoms with Crippen molar-refractivity contribution in [3.05, 3.63) is 40.6 Å². The molecule has 0 heterocycles. The number of benzene rings is 1. The number of amides is 1. The maximum Gasteiger partial charge on any atom is 0.251 e. The van der Waals surface area contributed by atoms with Crippen LogP contribution in [0.25, 0.3) is 0 Å². The van der Waals surface area contributed by atoms with Gasteiger partial charge in [0.1, 0.15) is 5.82 Å². The molecule has 0 radical (unpaired) electrons. The van der Waals surface area contributed by atoms with E-state index in [0.29, 0.717) is 5.56 Å². The highest BCUT2D eigenvalue weighted by atomic mass is 19.1. The number of rotatable bonds is 4. The fraction of sp³-hybridized carbons (Fsp3) is 0.222.